The van der Waals surface area contributed by atoms with E-state index in [0.29, 0.717) is 12.8 Å². The van der Waals surface area contributed by atoms with Crippen LogP contribution in [-0.4, -0.2) is 60.2 Å². The Bertz CT molecular complexity index is 788. The van der Waals surface area contributed by atoms with Gasteiger partial charge < -0.3 is 19.5 Å². The van der Waals surface area contributed by atoms with Crippen molar-refractivity contribution in [3.05, 3.63) is 35.4 Å². The van der Waals surface area contributed by atoms with Gasteiger partial charge >= 0.3 is 12.0 Å². The molecule has 3 N–H and O–H groups in total. The van der Waals surface area contributed by atoms with Gasteiger partial charge in [-0.15, -0.1) is 0 Å². The molecule has 1 fully saturated rings. The van der Waals surface area contributed by atoms with Crippen LogP contribution in [0.2, 0.25) is 0 Å². The van der Waals surface area contributed by atoms with Crippen LogP contribution >= 0.6 is 0 Å². The van der Waals surface area contributed by atoms with Crippen LogP contribution in [0.1, 0.15) is 28.8 Å². The highest BCUT2D eigenvalue weighted by atomic mass is 32.2. The van der Waals surface area contributed by atoms with Crippen LogP contribution in [-0.2, 0) is 30.0 Å². The summed E-state index contributed by atoms with van der Waals surface area (Å²) in [6.07, 6.45) is 0.0681. The van der Waals surface area contributed by atoms with E-state index >= 15 is 0 Å². The molecular weight excluding hydrogens is 390 g/mol. The van der Waals surface area contributed by atoms with Gasteiger partial charge in [0.05, 0.1) is 30.7 Å². The molecule has 2 rings (SSSR count). The van der Waals surface area contributed by atoms with Gasteiger partial charge in [0.2, 0.25) is 10.0 Å². The van der Waals surface area contributed by atoms with Crippen LogP contribution in [0.3, 0.4) is 0 Å². The molecule has 0 aliphatic carbocycles. The molecule has 0 saturated carbocycles. The smallest absolute Gasteiger partial charge is 0.338 e. The second-order valence-corrected chi connectivity index (χ2v) is 7.98. The molecule has 2 amide bonds. The fraction of sp³-hybridized carbons (Fsp3) is 0.529. The van der Waals surface area contributed by atoms with Crippen molar-refractivity contribution in [2.45, 2.75) is 37.1 Å². The van der Waals surface area contributed by atoms with Crippen molar-refractivity contribution in [2.24, 2.45) is 0 Å². The average molecular weight is 415 g/mol. The first-order valence-electron chi connectivity index (χ1n) is 8.56. The maximum absolute atomic E-state index is 12.4. The molecule has 1 aliphatic rings. The Labute approximate surface area is 164 Å². The van der Waals surface area contributed by atoms with Crippen molar-refractivity contribution < 1.29 is 32.2 Å². The van der Waals surface area contributed by atoms with Crippen molar-refractivity contribution in [3.8, 4) is 0 Å². The molecule has 28 heavy (non-hydrogen) atoms. The summed E-state index contributed by atoms with van der Waals surface area (Å²) in [6, 6.07) is 5.24. The third-order valence-electron chi connectivity index (χ3n) is 4.30. The van der Waals surface area contributed by atoms with Gasteiger partial charge in [-0.2, -0.15) is 0 Å². The highest BCUT2D eigenvalue weighted by molar-refractivity contribution is 7.89. The molecule has 0 aromatic heterocycles. The summed E-state index contributed by atoms with van der Waals surface area (Å²) in [6.45, 7) is 0. The molecule has 1 heterocycles. The Morgan fingerprint density at radius 2 is 1.86 bits per heavy atom. The monoisotopic (exact) mass is 415 g/mol. The van der Waals surface area contributed by atoms with Crippen molar-refractivity contribution in [1.82, 2.24) is 15.4 Å². The molecule has 1 aromatic carbocycles. The van der Waals surface area contributed by atoms with Crippen LogP contribution in [0.15, 0.2) is 24.3 Å². The van der Waals surface area contributed by atoms with Crippen LogP contribution in [0.4, 0.5) is 4.79 Å². The van der Waals surface area contributed by atoms with Gasteiger partial charge in [0, 0.05) is 27.1 Å². The lowest BCUT2D eigenvalue weighted by molar-refractivity contribution is -0.0382. The quantitative estimate of drug-likeness (QED) is 0.542. The maximum atomic E-state index is 12.4. The van der Waals surface area contributed by atoms with Crippen molar-refractivity contribution in [1.29, 1.82) is 0 Å². The number of nitrogens with one attached hydrogen (secondary N) is 3. The van der Waals surface area contributed by atoms with E-state index in [1.54, 1.807) is 19.2 Å². The van der Waals surface area contributed by atoms with Crippen LogP contribution in [0, 0.1) is 0 Å². The van der Waals surface area contributed by atoms with Gasteiger partial charge in [-0.3, -0.25) is 5.32 Å². The molecule has 1 aromatic rings. The fourth-order valence-corrected chi connectivity index (χ4v) is 4.02. The minimum Gasteiger partial charge on any atom is -0.465 e. The zero-order valence-corrected chi connectivity index (χ0v) is 16.7. The lowest BCUT2D eigenvalue weighted by atomic mass is 10.1. The summed E-state index contributed by atoms with van der Waals surface area (Å²) in [5.74, 6) is -1.21. The van der Waals surface area contributed by atoms with Gasteiger partial charge in [0.15, 0.2) is 0 Å². The SMILES string of the molecule is COC(=O)c1ccccc1CS(=O)(=O)NC(=O)NC1CC(OC)CC(OC)N1. The number of rotatable bonds is 7. The third kappa shape index (κ3) is 6.16. The van der Waals surface area contributed by atoms with Gasteiger partial charge in [-0.25, -0.2) is 22.7 Å². The standard InChI is InChI=1S/C17H25N3O7S/c1-25-12-8-14(18-15(9-12)26-2)19-17(22)20-28(23,24)10-11-6-4-5-7-13(11)16(21)27-3/h4-7,12,14-15,18H,8-10H2,1-3H3,(H2,19,20,22). The number of hydrogen-bond donors (Lipinski definition) is 3. The fourth-order valence-electron chi connectivity index (χ4n) is 2.94. The van der Waals surface area contributed by atoms with E-state index in [1.807, 2.05) is 4.72 Å². The van der Waals surface area contributed by atoms with E-state index in [4.69, 9.17) is 9.47 Å². The van der Waals surface area contributed by atoms with E-state index in [1.165, 1.54) is 26.4 Å². The minimum absolute atomic E-state index is 0.121. The minimum atomic E-state index is -4.05. The zero-order chi connectivity index (χ0) is 20.7. The number of urea groups is 1. The van der Waals surface area contributed by atoms with E-state index in [2.05, 4.69) is 15.4 Å². The number of sulfonamides is 1. The summed E-state index contributed by atoms with van der Waals surface area (Å²) in [5, 5.41) is 5.58. The molecule has 3 atom stereocenters. The molecule has 1 saturated heterocycles. The highest BCUT2D eigenvalue weighted by Crippen LogP contribution is 2.16. The Morgan fingerprint density at radius 1 is 1.14 bits per heavy atom. The molecular formula is C17H25N3O7S. The largest absolute Gasteiger partial charge is 0.465 e. The molecule has 0 bridgehead atoms. The molecule has 11 heteroatoms. The van der Waals surface area contributed by atoms with Crippen LogP contribution < -0.4 is 15.4 Å². The Hall–Kier alpha value is -2.21. The first kappa shape index (κ1) is 22.1. The Balaban J connectivity index is 2.00. The summed E-state index contributed by atoms with van der Waals surface area (Å²) in [5.41, 5.74) is 0.347. The second-order valence-electron chi connectivity index (χ2n) is 6.26. The predicted molar refractivity (Wildman–Crippen MR) is 99.8 cm³/mol. The second kappa shape index (κ2) is 9.82. The normalized spacial score (nSPS) is 22.3. The summed E-state index contributed by atoms with van der Waals surface area (Å²) in [4.78, 5) is 23.9. The first-order valence-corrected chi connectivity index (χ1v) is 10.2. The average Bonchev–Trinajstić information content (AvgIpc) is 2.66. The number of piperidine rings is 1. The number of benzene rings is 1. The maximum Gasteiger partial charge on any atom is 0.338 e. The number of carbonyl (C=O) groups is 2. The summed E-state index contributed by atoms with van der Waals surface area (Å²) >= 11 is 0. The molecule has 1 aliphatic heterocycles. The number of methoxy groups -OCH3 is 3. The van der Waals surface area contributed by atoms with Crippen molar-refractivity contribution in [3.63, 3.8) is 0 Å². The van der Waals surface area contributed by atoms with E-state index in [9.17, 15) is 18.0 Å². The van der Waals surface area contributed by atoms with Gasteiger partial charge in [-0.1, -0.05) is 18.2 Å². The van der Waals surface area contributed by atoms with E-state index < -0.39 is 33.9 Å². The summed E-state index contributed by atoms with van der Waals surface area (Å²) in [7, 11) is 0.241. The Kier molecular flexibility index (Phi) is 7.75. The topological polar surface area (TPSA) is 132 Å². The van der Waals surface area contributed by atoms with Crippen molar-refractivity contribution in [2.75, 3.05) is 21.3 Å². The van der Waals surface area contributed by atoms with Crippen LogP contribution in [0.25, 0.3) is 0 Å². The number of esters is 1. The molecule has 3 unspecified atom stereocenters. The third-order valence-corrected chi connectivity index (χ3v) is 5.49. The van der Waals surface area contributed by atoms with Crippen LogP contribution in [0.5, 0.6) is 0 Å². The van der Waals surface area contributed by atoms with Gasteiger partial charge in [0.1, 0.15) is 6.23 Å². The number of hydrogen-bond acceptors (Lipinski definition) is 8. The molecule has 10 nitrogen and oxygen atoms in total. The lowest BCUT2D eigenvalue weighted by Gasteiger charge is -2.35. The molecule has 0 spiro atoms. The zero-order valence-electron chi connectivity index (χ0n) is 15.9. The van der Waals surface area contributed by atoms with Crippen molar-refractivity contribution >= 4 is 22.0 Å². The molecule has 156 valence electrons. The Morgan fingerprint density at radius 3 is 2.50 bits per heavy atom. The number of carbonyl (C=O) groups excluding carboxylic acids is 2. The van der Waals surface area contributed by atoms with Gasteiger partial charge in [-0.05, 0) is 11.6 Å². The first-order chi connectivity index (χ1) is 13.3. The van der Waals surface area contributed by atoms with E-state index in [-0.39, 0.29) is 23.5 Å². The number of amides is 2. The molecule has 0 radical (unpaired) electrons. The predicted octanol–water partition coefficient (Wildman–Crippen LogP) is 0.299. The summed E-state index contributed by atoms with van der Waals surface area (Å²) < 4.78 is 41.9. The lowest BCUT2D eigenvalue weighted by Crippen LogP contribution is -2.58. The highest BCUT2D eigenvalue weighted by Gasteiger charge is 2.30. The number of ether oxygens (including phenoxy) is 3. The van der Waals surface area contributed by atoms with Gasteiger partial charge in [0.25, 0.3) is 0 Å². The van der Waals surface area contributed by atoms with E-state index in [0.717, 1.165) is 0 Å².